The molecule has 0 radical (unpaired) electrons. The van der Waals surface area contributed by atoms with Crippen molar-refractivity contribution >= 4 is 44.9 Å². The number of benzene rings is 1. The number of thioether (sulfide) groups is 1. The van der Waals surface area contributed by atoms with Crippen molar-refractivity contribution in [3.63, 3.8) is 0 Å². The van der Waals surface area contributed by atoms with Gasteiger partial charge in [0.1, 0.15) is 4.83 Å². The fourth-order valence-electron chi connectivity index (χ4n) is 3.43. The van der Waals surface area contributed by atoms with Gasteiger partial charge < -0.3 is 9.80 Å². The molecular formula is C24H32N4O2S2. The van der Waals surface area contributed by atoms with E-state index in [1.807, 2.05) is 52.0 Å². The van der Waals surface area contributed by atoms with Crippen molar-refractivity contribution < 1.29 is 4.79 Å². The van der Waals surface area contributed by atoms with Gasteiger partial charge in [-0.2, -0.15) is 0 Å². The van der Waals surface area contributed by atoms with Crippen LogP contribution in [-0.4, -0.2) is 47.3 Å². The number of unbranched alkanes of at least 4 members (excludes halogenated alkanes) is 1. The van der Waals surface area contributed by atoms with Crippen LogP contribution in [0.4, 0.5) is 5.69 Å². The van der Waals surface area contributed by atoms with Gasteiger partial charge in [-0.1, -0.05) is 37.2 Å². The van der Waals surface area contributed by atoms with Crippen LogP contribution < -0.4 is 10.5 Å². The fraction of sp³-hybridized carbons (Fsp3) is 0.458. The highest BCUT2D eigenvalue weighted by atomic mass is 32.2. The van der Waals surface area contributed by atoms with Crippen LogP contribution >= 0.6 is 23.1 Å². The molecule has 172 valence electrons. The highest BCUT2D eigenvalue weighted by Crippen LogP contribution is 2.28. The molecule has 32 heavy (non-hydrogen) atoms. The van der Waals surface area contributed by atoms with E-state index in [9.17, 15) is 9.59 Å². The summed E-state index contributed by atoms with van der Waals surface area (Å²) in [7, 11) is 5.83. The largest absolute Gasteiger partial charge is 0.378 e. The zero-order valence-corrected chi connectivity index (χ0v) is 21.4. The number of aryl methyl sites for hydroxylation is 2. The van der Waals surface area contributed by atoms with Crippen molar-refractivity contribution in [2.24, 2.45) is 0 Å². The topological polar surface area (TPSA) is 58.4 Å². The van der Waals surface area contributed by atoms with Gasteiger partial charge in [-0.25, -0.2) is 4.98 Å². The lowest BCUT2D eigenvalue weighted by Gasteiger charge is -2.19. The van der Waals surface area contributed by atoms with Gasteiger partial charge in [-0.3, -0.25) is 14.2 Å². The molecule has 0 aliphatic rings. The van der Waals surface area contributed by atoms with Gasteiger partial charge in [0.25, 0.3) is 5.56 Å². The molecule has 6 nitrogen and oxygen atoms in total. The minimum absolute atomic E-state index is 0.00888. The van der Waals surface area contributed by atoms with E-state index in [1.54, 1.807) is 20.8 Å². The molecule has 1 amide bonds. The van der Waals surface area contributed by atoms with E-state index in [4.69, 9.17) is 4.98 Å². The van der Waals surface area contributed by atoms with Crippen LogP contribution in [0.3, 0.4) is 0 Å². The number of carbonyl (C=O) groups is 1. The van der Waals surface area contributed by atoms with Crippen molar-refractivity contribution in [2.45, 2.75) is 51.9 Å². The number of aromatic nitrogens is 2. The summed E-state index contributed by atoms with van der Waals surface area (Å²) in [5.74, 6) is 0.265. The van der Waals surface area contributed by atoms with Crippen LogP contribution in [0, 0.1) is 13.8 Å². The summed E-state index contributed by atoms with van der Waals surface area (Å²) in [6.45, 7) is 7.28. The van der Waals surface area contributed by atoms with Crippen molar-refractivity contribution in [2.75, 3.05) is 31.8 Å². The average Bonchev–Trinajstić information content (AvgIpc) is 3.05. The van der Waals surface area contributed by atoms with Gasteiger partial charge in [0.15, 0.2) is 5.16 Å². The van der Waals surface area contributed by atoms with E-state index in [2.05, 4.69) is 19.1 Å². The lowest BCUT2D eigenvalue weighted by atomic mass is 10.2. The summed E-state index contributed by atoms with van der Waals surface area (Å²) in [6, 6.07) is 8.20. The maximum atomic E-state index is 13.2. The van der Waals surface area contributed by atoms with E-state index in [1.165, 1.54) is 11.8 Å². The van der Waals surface area contributed by atoms with E-state index in [0.717, 1.165) is 44.7 Å². The number of nitrogens with zero attached hydrogens (tertiary/aromatic N) is 4. The predicted octanol–water partition coefficient (Wildman–Crippen LogP) is 4.69. The third-order valence-corrected chi connectivity index (χ3v) is 7.67. The molecule has 3 rings (SSSR count). The number of fused-ring (bicyclic) bond motifs is 1. The number of thiophene rings is 1. The first-order chi connectivity index (χ1) is 15.2. The Balaban J connectivity index is 1.75. The van der Waals surface area contributed by atoms with Gasteiger partial charge in [0.2, 0.25) is 5.91 Å². The number of amides is 1. The van der Waals surface area contributed by atoms with Crippen molar-refractivity contribution in [3.8, 4) is 0 Å². The van der Waals surface area contributed by atoms with E-state index in [0.29, 0.717) is 18.2 Å². The minimum Gasteiger partial charge on any atom is -0.378 e. The van der Waals surface area contributed by atoms with E-state index in [-0.39, 0.29) is 17.2 Å². The zero-order chi connectivity index (χ0) is 23.4. The molecule has 0 fully saturated rings. The number of anilines is 1. The van der Waals surface area contributed by atoms with Crippen LogP contribution in [0.25, 0.3) is 10.2 Å². The van der Waals surface area contributed by atoms with E-state index < -0.39 is 0 Å². The third kappa shape index (κ3) is 5.35. The Morgan fingerprint density at radius 2 is 1.84 bits per heavy atom. The van der Waals surface area contributed by atoms with Gasteiger partial charge in [-0.05, 0) is 43.5 Å². The van der Waals surface area contributed by atoms with Crippen LogP contribution in [0.15, 0.2) is 34.2 Å². The predicted molar refractivity (Wildman–Crippen MR) is 136 cm³/mol. The summed E-state index contributed by atoms with van der Waals surface area (Å²) >= 11 is 2.90. The maximum absolute atomic E-state index is 13.2. The molecule has 2 aromatic heterocycles. The average molecular weight is 473 g/mol. The Kier molecular flexibility index (Phi) is 8.00. The van der Waals surface area contributed by atoms with Gasteiger partial charge in [0, 0.05) is 44.8 Å². The summed E-state index contributed by atoms with van der Waals surface area (Å²) in [5, 5.41) is 1.35. The first-order valence-electron chi connectivity index (χ1n) is 10.9. The van der Waals surface area contributed by atoms with Gasteiger partial charge >= 0.3 is 0 Å². The smallest absolute Gasteiger partial charge is 0.263 e. The highest BCUT2D eigenvalue weighted by Gasteiger charge is 2.18. The second-order valence-electron chi connectivity index (χ2n) is 8.27. The molecule has 0 unspecified atom stereocenters. The normalized spacial score (nSPS) is 11.2. The van der Waals surface area contributed by atoms with Crippen LogP contribution in [0.2, 0.25) is 0 Å². The molecule has 3 aromatic rings. The molecule has 0 atom stereocenters. The number of hydrogen-bond acceptors (Lipinski definition) is 6. The second kappa shape index (κ2) is 10.5. The van der Waals surface area contributed by atoms with Crippen LogP contribution in [-0.2, 0) is 17.9 Å². The Labute approximate surface area is 198 Å². The summed E-state index contributed by atoms with van der Waals surface area (Å²) in [4.78, 5) is 36.5. The Bertz CT molecular complexity index is 1150. The zero-order valence-electron chi connectivity index (χ0n) is 19.8. The highest BCUT2D eigenvalue weighted by molar-refractivity contribution is 7.99. The summed E-state index contributed by atoms with van der Waals surface area (Å²) in [6.07, 6.45) is 1.89. The van der Waals surface area contributed by atoms with Crippen molar-refractivity contribution in [3.05, 3.63) is 50.6 Å². The molecule has 0 aliphatic heterocycles. The second-order valence-corrected chi connectivity index (χ2v) is 10.4. The number of carbonyl (C=O) groups excluding carboxylic acids is 1. The molecule has 0 spiro atoms. The SMILES string of the molecule is CCCCn1c(SCC(=O)N(C)Cc2ccc(N(C)C)cc2)nc2sc(C)c(C)c2c1=O. The van der Waals surface area contributed by atoms with Crippen molar-refractivity contribution in [1.82, 2.24) is 14.5 Å². The molecule has 0 saturated carbocycles. The fourth-order valence-corrected chi connectivity index (χ4v) is 5.47. The number of rotatable bonds is 9. The standard InChI is InChI=1S/C24H32N4O2S2/c1-7-8-13-28-23(30)21-16(2)17(3)32-22(21)25-24(28)31-15-20(29)27(6)14-18-9-11-19(12-10-18)26(4)5/h9-12H,7-8,13-15H2,1-6H3. The lowest BCUT2D eigenvalue weighted by Crippen LogP contribution is -2.29. The monoisotopic (exact) mass is 472 g/mol. The molecular weight excluding hydrogens is 440 g/mol. The molecule has 8 heteroatoms. The molecule has 0 bridgehead atoms. The van der Waals surface area contributed by atoms with E-state index >= 15 is 0 Å². The van der Waals surface area contributed by atoms with Gasteiger partial charge in [0.05, 0.1) is 11.1 Å². The first-order valence-corrected chi connectivity index (χ1v) is 12.7. The summed E-state index contributed by atoms with van der Waals surface area (Å²) < 4.78 is 1.75. The Morgan fingerprint density at radius 3 is 2.47 bits per heavy atom. The van der Waals surface area contributed by atoms with Crippen LogP contribution in [0.1, 0.15) is 35.8 Å². The first kappa shape index (κ1) is 24.3. The summed E-state index contributed by atoms with van der Waals surface area (Å²) in [5.41, 5.74) is 3.24. The minimum atomic E-state index is 0.00888. The quantitative estimate of drug-likeness (QED) is 0.334. The molecule has 1 aromatic carbocycles. The molecule has 0 aliphatic carbocycles. The van der Waals surface area contributed by atoms with Gasteiger partial charge in [-0.15, -0.1) is 11.3 Å². The Morgan fingerprint density at radius 1 is 1.16 bits per heavy atom. The van der Waals surface area contributed by atoms with Crippen LogP contribution in [0.5, 0.6) is 0 Å². The Hall–Kier alpha value is -2.32. The number of hydrogen-bond donors (Lipinski definition) is 0. The molecule has 2 heterocycles. The lowest BCUT2D eigenvalue weighted by molar-refractivity contribution is -0.127. The third-order valence-electron chi connectivity index (χ3n) is 5.61. The van der Waals surface area contributed by atoms with Crippen molar-refractivity contribution in [1.29, 1.82) is 0 Å². The maximum Gasteiger partial charge on any atom is 0.263 e. The molecule has 0 saturated heterocycles. The molecule has 0 N–H and O–H groups in total.